The van der Waals surface area contributed by atoms with Gasteiger partial charge in [-0.2, -0.15) is 0 Å². The molecule has 1 saturated carbocycles. The molecule has 1 aromatic carbocycles. The summed E-state index contributed by atoms with van der Waals surface area (Å²) in [6.07, 6.45) is 2.75. The Morgan fingerprint density at radius 2 is 1.90 bits per heavy atom. The molecule has 4 rings (SSSR count). The van der Waals surface area contributed by atoms with E-state index in [9.17, 15) is 4.79 Å². The van der Waals surface area contributed by atoms with Gasteiger partial charge in [0.05, 0.1) is 10.00 Å². The third kappa shape index (κ3) is 2.78. The average molecular weight is 322 g/mol. The Kier molecular flexibility index (Phi) is 3.58. The van der Waals surface area contributed by atoms with Gasteiger partial charge in [-0.25, -0.2) is 0 Å². The molecule has 2 saturated heterocycles. The van der Waals surface area contributed by atoms with Crippen LogP contribution in [-0.4, -0.2) is 30.2 Å². The van der Waals surface area contributed by atoms with Gasteiger partial charge < -0.3 is 9.47 Å². The average Bonchev–Trinajstić information content (AvgIpc) is 2.96. The number of hydrogen-bond acceptors (Lipinski definition) is 5. The number of ether oxygens (including phenoxy) is 2. The second-order valence-corrected chi connectivity index (χ2v) is 8.69. The molecular formula is C16H18O3S2. The van der Waals surface area contributed by atoms with Gasteiger partial charge in [0, 0.05) is 17.9 Å². The summed E-state index contributed by atoms with van der Waals surface area (Å²) in [7, 11) is 0. The van der Waals surface area contributed by atoms with Crippen LogP contribution in [0.15, 0.2) is 24.3 Å². The zero-order valence-electron chi connectivity index (χ0n) is 11.7. The van der Waals surface area contributed by atoms with E-state index in [2.05, 4.69) is 12.1 Å². The van der Waals surface area contributed by atoms with Crippen LogP contribution < -0.4 is 4.74 Å². The molecule has 1 unspecified atom stereocenters. The van der Waals surface area contributed by atoms with Gasteiger partial charge in [0.15, 0.2) is 0 Å². The zero-order valence-corrected chi connectivity index (χ0v) is 13.4. The topological polar surface area (TPSA) is 35.5 Å². The number of hydrogen-bond donors (Lipinski definition) is 0. The number of cyclic esters (lactones) is 1. The normalized spacial score (nSPS) is 27.0. The number of carbonyl (C=O) groups is 1. The van der Waals surface area contributed by atoms with Gasteiger partial charge in [-0.1, -0.05) is 12.1 Å². The van der Waals surface area contributed by atoms with E-state index in [1.54, 1.807) is 0 Å². The van der Waals surface area contributed by atoms with E-state index in [-0.39, 0.29) is 17.5 Å². The van der Waals surface area contributed by atoms with Gasteiger partial charge in [0.25, 0.3) is 0 Å². The highest BCUT2D eigenvalue weighted by molar-refractivity contribution is 8.19. The lowest BCUT2D eigenvalue weighted by molar-refractivity contribution is -0.146. The SMILES string of the molecule is O=C1OC(COc2ccc(C3SCCS3)cc2)CC12CC2. The highest BCUT2D eigenvalue weighted by Gasteiger charge is 2.57. The van der Waals surface area contributed by atoms with Gasteiger partial charge in [0.2, 0.25) is 0 Å². The predicted octanol–water partition coefficient (Wildman–Crippen LogP) is 3.64. The maximum atomic E-state index is 11.7. The van der Waals surface area contributed by atoms with Gasteiger partial charge in [-0.3, -0.25) is 4.79 Å². The van der Waals surface area contributed by atoms with Gasteiger partial charge >= 0.3 is 5.97 Å². The lowest BCUT2D eigenvalue weighted by Gasteiger charge is -2.13. The maximum absolute atomic E-state index is 11.7. The minimum absolute atomic E-state index is 0.0123. The summed E-state index contributed by atoms with van der Waals surface area (Å²) in [4.78, 5) is 11.7. The standard InChI is InChI=1S/C16H18O3S2/c17-15-16(5-6-16)9-13(19-15)10-18-12-3-1-11(2-4-12)14-20-7-8-21-14/h1-4,13-14H,5-10H2. The van der Waals surface area contributed by atoms with E-state index in [4.69, 9.17) is 9.47 Å². The van der Waals surface area contributed by atoms with E-state index in [0.29, 0.717) is 11.2 Å². The third-order valence-electron chi connectivity index (χ3n) is 4.39. The Morgan fingerprint density at radius 1 is 1.19 bits per heavy atom. The van der Waals surface area contributed by atoms with E-state index < -0.39 is 0 Å². The van der Waals surface area contributed by atoms with Crippen LogP contribution in [0, 0.1) is 5.41 Å². The molecule has 21 heavy (non-hydrogen) atoms. The van der Waals surface area contributed by atoms with Crippen molar-refractivity contribution in [2.24, 2.45) is 5.41 Å². The molecule has 112 valence electrons. The number of rotatable bonds is 4. The second-order valence-electron chi connectivity index (χ2n) is 5.97. The fraction of sp³-hybridized carbons (Fsp3) is 0.562. The summed E-state index contributed by atoms with van der Waals surface area (Å²) >= 11 is 4.01. The van der Waals surface area contributed by atoms with Gasteiger partial charge in [-0.15, -0.1) is 23.5 Å². The highest BCUT2D eigenvalue weighted by atomic mass is 32.2. The van der Waals surface area contributed by atoms with Crippen LogP contribution in [-0.2, 0) is 9.53 Å². The smallest absolute Gasteiger partial charge is 0.312 e. The molecule has 0 bridgehead atoms. The molecule has 2 heterocycles. The van der Waals surface area contributed by atoms with E-state index >= 15 is 0 Å². The van der Waals surface area contributed by atoms with Crippen molar-refractivity contribution in [1.29, 1.82) is 0 Å². The first kappa shape index (κ1) is 13.8. The minimum atomic E-state index is -0.130. The van der Waals surface area contributed by atoms with E-state index in [1.807, 2.05) is 35.7 Å². The van der Waals surface area contributed by atoms with E-state index in [1.165, 1.54) is 17.1 Å². The molecular weight excluding hydrogens is 304 g/mol. The number of esters is 1. The molecule has 0 N–H and O–H groups in total. The monoisotopic (exact) mass is 322 g/mol. The van der Waals surface area contributed by atoms with Gasteiger partial charge in [-0.05, 0) is 30.5 Å². The predicted molar refractivity (Wildman–Crippen MR) is 85.8 cm³/mol. The van der Waals surface area contributed by atoms with Crippen molar-refractivity contribution in [2.75, 3.05) is 18.1 Å². The molecule has 5 heteroatoms. The molecule has 0 radical (unpaired) electrons. The first-order valence-corrected chi connectivity index (χ1v) is 9.52. The summed E-state index contributed by atoms with van der Waals surface area (Å²) in [5.41, 5.74) is 1.23. The van der Waals surface area contributed by atoms with Crippen LogP contribution in [0.1, 0.15) is 29.4 Å². The van der Waals surface area contributed by atoms with Crippen LogP contribution in [0.25, 0.3) is 0 Å². The first-order valence-electron chi connectivity index (χ1n) is 7.42. The Hall–Kier alpha value is -0.810. The number of thioether (sulfide) groups is 2. The van der Waals surface area contributed by atoms with Crippen molar-refractivity contribution in [3.63, 3.8) is 0 Å². The van der Waals surface area contributed by atoms with Crippen molar-refractivity contribution in [2.45, 2.75) is 29.9 Å². The Bertz CT molecular complexity index is 533. The minimum Gasteiger partial charge on any atom is -0.490 e. The lowest BCUT2D eigenvalue weighted by Crippen LogP contribution is -2.17. The molecule has 1 spiro atoms. The molecule has 1 aliphatic carbocycles. The van der Waals surface area contributed by atoms with Crippen molar-refractivity contribution in [3.05, 3.63) is 29.8 Å². The zero-order chi connectivity index (χ0) is 14.3. The fourth-order valence-electron chi connectivity index (χ4n) is 2.95. The maximum Gasteiger partial charge on any atom is 0.312 e. The molecule has 0 amide bonds. The lowest BCUT2D eigenvalue weighted by atomic mass is 10.0. The Balaban J connectivity index is 1.32. The van der Waals surface area contributed by atoms with Crippen molar-refractivity contribution in [3.8, 4) is 5.75 Å². The Morgan fingerprint density at radius 3 is 2.52 bits per heavy atom. The summed E-state index contributed by atoms with van der Waals surface area (Å²) in [5, 5.41) is 0. The third-order valence-corrected chi connectivity index (χ3v) is 7.49. The number of carbonyl (C=O) groups excluding carboxylic acids is 1. The fourth-order valence-corrected chi connectivity index (χ4v) is 5.81. The largest absolute Gasteiger partial charge is 0.490 e. The van der Waals surface area contributed by atoms with Crippen LogP contribution in [0.2, 0.25) is 0 Å². The van der Waals surface area contributed by atoms with Crippen molar-refractivity contribution in [1.82, 2.24) is 0 Å². The molecule has 1 aromatic rings. The molecule has 3 aliphatic rings. The first-order chi connectivity index (χ1) is 10.3. The molecule has 0 aromatic heterocycles. The summed E-state index contributed by atoms with van der Waals surface area (Å²) in [6, 6.07) is 8.35. The van der Waals surface area contributed by atoms with Crippen molar-refractivity contribution >= 4 is 29.5 Å². The van der Waals surface area contributed by atoms with E-state index in [0.717, 1.165) is 25.0 Å². The van der Waals surface area contributed by atoms with Crippen LogP contribution in [0.3, 0.4) is 0 Å². The van der Waals surface area contributed by atoms with Crippen LogP contribution >= 0.6 is 23.5 Å². The summed E-state index contributed by atoms with van der Waals surface area (Å²) in [6.45, 7) is 0.472. The number of benzene rings is 1. The van der Waals surface area contributed by atoms with Crippen LogP contribution in [0.4, 0.5) is 0 Å². The Labute approximate surface area is 133 Å². The quantitative estimate of drug-likeness (QED) is 0.791. The molecule has 1 atom stereocenters. The molecule has 2 aliphatic heterocycles. The highest BCUT2D eigenvalue weighted by Crippen LogP contribution is 2.54. The van der Waals surface area contributed by atoms with Gasteiger partial charge in [0.1, 0.15) is 18.5 Å². The summed E-state index contributed by atoms with van der Waals surface area (Å²) < 4.78 is 11.8. The summed E-state index contributed by atoms with van der Waals surface area (Å²) in [5.74, 6) is 3.33. The van der Waals surface area contributed by atoms with Crippen molar-refractivity contribution < 1.29 is 14.3 Å². The van der Waals surface area contributed by atoms with Crippen LogP contribution in [0.5, 0.6) is 5.75 Å². The molecule has 3 nitrogen and oxygen atoms in total. The second kappa shape index (κ2) is 5.43. The molecule has 3 fully saturated rings.